The van der Waals surface area contributed by atoms with Crippen molar-refractivity contribution in [2.45, 2.75) is 52.2 Å². The molecular formula is C22H29F2NO10S3. The predicted octanol–water partition coefficient (Wildman–Crippen LogP) is 3.83. The second kappa shape index (κ2) is 15.8. The van der Waals surface area contributed by atoms with Crippen molar-refractivity contribution in [2.24, 2.45) is 5.16 Å². The van der Waals surface area contributed by atoms with Gasteiger partial charge in [0.1, 0.15) is 0 Å². The van der Waals surface area contributed by atoms with E-state index in [1.165, 1.54) is 0 Å². The molecule has 2 aromatic carbocycles. The number of thiol groups is 1. The van der Waals surface area contributed by atoms with Gasteiger partial charge in [-0.25, -0.2) is 16.8 Å². The fraction of sp³-hybridized carbons (Fsp3) is 0.409. The highest BCUT2D eigenvalue weighted by Gasteiger charge is 2.22. The van der Waals surface area contributed by atoms with Crippen LogP contribution in [-0.2, 0) is 57.8 Å². The summed E-state index contributed by atoms with van der Waals surface area (Å²) in [5, 5.41) is 13.0. The summed E-state index contributed by atoms with van der Waals surface area (Å²) in [7, 11) is -12.7. The molecule has 0 aliphatic carbocycles. The number of benzene rings is 2. The molecule has 0 bridgehead atoms. The minimum absolute atomic E-state index is 0.304. The molecule has 0 aliphatic rings. The van der Waals surface area contributed by atoms with Gasteiger partial charge in [0.2, 0.25) is 0 Å². The van der Waals surface area contributed by atoms with Gasteiger partial charge in [-0.05, 0) is 28.7 Å². The molecule has 38 heavy (non-hydrogen) atoms. The van der Waals surface area contributed by atoms with Gasteiger partial charge in [-0.1, -0.05) is 82.2 Å². The minimum atomic E-state index is -5.03. The summed E-state index contributed by atoms with van der Waals surface area (Å²) >= 11 is 0. The molecule has 2 aromatic rings. The van der Waals surface area contributed by atoms with Gasteiger partial charge in [0.05, 0.1) is 25.5 Å². The van der Waals surface area contributed by atoms with Crippen LogP contribution in [0, 0.1) is 0 Å². The summed E-state index contributed by atoms with van der Waals surface area (Å²) < 4.78 is 98.2. The Bertz CT molecular complexity index is 1230. The number of oxime groups is 1. The van der Waals surface area contributed by atoms with E-state index < -0.39 is 45.2 Å². The lowest BCUT2D eigenvalue weighted by Crippen LogP contribution is -2.17. The Balaban J connectivity index is 0.000000905. The molecule has 0 spiro atoms. The third kappa shape index (κ3) is 13.3. The lowest BCUT2D eigenvalue weighted by molar-refractivity contribution is 0.283. The molecule has 16 heteroatoms. The van der Waals surface area contributed by atoms with E-state index in [0.29, 0.717) is 23.4 Å². The molecule has 214 valence electrons. The van der Waals surface area contributed by atoms with Gasteiger partial charge >= 0.3 is 21.0 Å². The van der Waals surface area contributed by atoms with E-state index in [1.54, 1.807) is 48.5 Å². The second-order valence-electron chi connectivity index (χ2n) is 7.82. The SMILES string of the molecule is CC(C(=NO)C(C)c1ccc(COS(=O)(=O)F)cc1)c1ccc(COS(=O)(=O)F)cc1.CCCO[SH](=O)=O. The molecule has 2 rings (SSSR count). The molecule has 0 radical (unpaired) electrons. The zero-order chi connectivity index (χ0) is 28.9. The van der Waals surface area contributed by atoms with Gasteiger partial charge < -0.3 is 5.21 Å². The van der Waals surface area contributed by atoms with Gasteiger partial charge in [0.25, 0.3) is 11.0 Å². The summed E-state index contributed by atoms with van der Waals surface area (Å²) in [6.07, 6.45) is 0.739. The van der Waals surface area contributed by atoms with Crippen LogP contribution in [0.4, 0.5) is 7.77 Å². The number of rotatable bonds is 13. The lowest BCUT2D eigenvalue weighted by atomic mass is 9.84. The smallest absolute Gasteiger partial charge is 0.411 e. The summed E-state index contributed by atoms with van der Waals surface area (Å²) in [5.41, 5.74) is 2.86. The van der Waals surface area contributed by atoms with Crippen molar-refractivity contribution in [2.75, 3.05) is 6.61 Å². The van der Waals surface area contributed by atoms with Gasteiger partial charge in [-0.15, -0.1) is 0 Å². The van der Waals surface area contributed by atoms with E-state index >= 15 is 0 Å². The van der Waals surface area contributed by atoms with E-state index in [9.17, 15) is 38.2 Å². The van der Waals surface area contributed by atoms with Crippen molar-refractivity contribution >= 4 is 37.7 Å². The summed E-state index contributed by atoms with van der Waals surface area (Å²) in [4.78, 5) is 0. The van der Waals surface area contributed by atoms with E-state index in [2.05, 4.69) is 17.7 Å². The first kappa shape index (κ1) is 33.5. The van der Waals surface area contributed by atoms with Crippen LogP contribution in [0.15, 0.2) is 53.7 Å². The first-order valence-corrected chi connectivity index (χ1v) is 14.7. The molecular weight excluding hydrogens is 572 g/mol. The summed E-state index contributed by atoms with van der Waals surface area (Å²) in [5.74, 6) is -0.640. The summed E-state index contributed by atoms with van der Waals surface area (Å²) in [6.45, 7) is 4.90. The number of halogens is 2. The van der Waals surface area contributed by atoms with Gasteiger partial charge in [-0.3, -0.25) is 4.18 Å². The quantitative estimate of drug-likeness (QED) is 0.113. The maximum Gasteiger partial charge on any atom is 0.437 e. The van der Waals surface area contributed by atoms with Crippen molar-refractivity contribution in [3.8, 4) is 0 Å². The van der Waals surface area contributed by atoms with Crippen molar-refractivity contribution in [3.05, 3.63) is 70.8 Å². The third-order valence-electron chi connectivity index (χ3n) is 5.10. The Morgan fingerprint density at radius 2 is 1.21 bits per heavy atom. The molecule has 0 amide bonds. The second-order valence-corrected chi connectivity index (χ2v) is 10.6. The van der Waals surface area contributed by atoms with Crippen molar-refractivity contribution in [1.29, 1.82) is 0 Å². The monoisotopic (exact) mass is 601 g/mol. The number of hydrogen-bond donors (Lipinski definition) is 2. The highest BCUT2D eigenvalue weighted by molar-refractivity contribution is 7.81. The van der Waals surface area contributed by atoms with Gasteiger partial charge in [-0.2, -0.15) is 16.8 Å². The molecule has 2 atom stereocenters. The van der Waals surface area contributed by atoms with Crippen LogP contribution < -0.4 is 0 Å². The van der Waals surface area contributed by atoms with Crippen LogP contribution >= 0.6 is 0 Å². The molecule has 2 unspecified atom stereocenters. The largest absolute Gasteiger partial charge is 0.437 e. The number of hydrogen-bond acceptors (Lipinski definition) is 11. The molecule has 0 aliphatic heterocycles. The molecule has 0 heterocycles. The standard InChI is InChI=1S/C19H21F2NO7S2.C3H8O3S/c1-13(17-7-3-15(4-8-17)11-28-30(20,24)25)19(22-23)14(2)18-9-5-16(6-10-18)12-29-31(21,26)27;1-2-3-6-7(4)5/h3-10,13-14,23H,11-12H2,1-2H3;7H,2-3H2,1H3. The first-order chi connectivity index (χ1) is 17.7. The molecule has 0 fully saturated rings. The average molecular weight is 602 g/mol. The highest BCUT2D eigenvalue weighted by atomic mass is 32.3. The lowest BCUT2D eigenvalue weighted by Gasteiger charge is -2.20. The third-order valence-corrected chi connectivity index (χ3v) is 6.29. The van der Waals surface area contributed by atoms with Crippen molar-refractivity contribution < 1.29 is 50.8 Å². The Morgan fingerprint density at radius 1 is 0.842 bits per heavy atom. The summed E-state index contributed by atoms with van der Waals surface area (Å²) in [6, 6.07) is 13.0. The van der Waals surface area contributed by atoms with Crippen LogP contribution in [-0.4, -0.2) is 42.8 Å². The Hall–Kier alpha value is -2.50. The van der Waals surface area contributed by atoms with Crippen LogP contribution in [0.1, 0.15) is 61.3 Å². The Kier molecular flexibility index (Phi) is 13.9. The maximum absolute atomic E-state index is 12.5. The highest BCUT2D eigenvalue weighted by Crippen LogP contribution is 2.28. The molecule has 11 nitrogen and oxygen atoms in total. The molecule has 0 aromatic heterocycles. The van der Waals surface area contributed by atoms with Crippen LogP contribution in [0.5, 0.6) is 0 Å². The number of nitrogens with zero attached hydrogens (tertiary/aromatic N) is 1. The van der Waals surface area contributed by atoms with Gasteiger partial charge in [0.15, 0.2) is 0 Å². The van der Waals surface area contributed by atoms with Crippen molar-refractivity contribution in [1.82, 2.24) is 0 Å². The minimum Gasteiger partial charge on any atom is -0.411 e. The topological polar surface area (TPSA) is 163 Å². The zero-order valence-corrected chi connectivity index (χ0v) is 23.2. The van der Waals surface area contributed by atoms with Crippen molar-refractivity contribution in [3.63, 3.8) is 0 Å². The first-order valence-electron chi connectivity index (χ1n) is 11.0. The zero-order valence-electron chi connectivity index (χ0n) is 20.7. The van der Waals surface area contributed by atoms with E-state index in [0.717, 1.165) is 17.5 Å². The molecule has 0 saturated carbocycles. The van der Waals surface area contributed by atoms with Crippen LogP contribution in [0.25, 0.3) is 0 Å². The van der Waals surface area contributed by atoms with E-state index in [-0.39, 0.29) is 11.8 Å². The van der Waals surface area contributed by atoms with Crippen LogP contribution in [0.2, 0.25) is 0 Å². The predicted molar refractivity (Wildman–Crippen MR) is 135 cm³/mol. The fourth-order valence-corrected chi connectivity index (χ4v) is 4.02. The van der Waals surface area contributed by atoms with Gasteiger partial charge in [0, 0.05) is 11.8 Å². The Morgan fingerprint density at radius 3 is 1.45 bits per heavy atom. The Labute approximate surface area is 223 Å². The van der Waals surface area contributed by atoms with Crippen LogP contribution in [0.3, 0.4) is 0 Å². The van der Waals surface area contributed by atoms with E-state index in [1.807, 2.05) is 20.8 Å². The molecule has 1 N–H and O–H groups in total. The van der Waals surface area contributed by atoms with E-state index in [4.69, 9.17) is 0 Å². The molecule has 0 saturated heterocycles. The average Bonchev–Trinajstić information content (AvgIpc) is 2.85. The fourth-order valence-electron chi connectivity index (χ4n) is 3.14. The maximum atomic E-state index is 12.5. The normalized spacial score (nSPS) is 13.3.